The van der Waals surface area contributed by atoms with Crippen molar-refractivity contribution in [1.29, 1.82) is 0 Å². The van der Waals surface area contributed by atoms with Gasteiger partial charge in [0.15, 0.2) is 0 Å². The average Bonchev–Trinajstić information content (AvgIpc) is 2.61. The number of non-ortho nitro benzene ring substituents is 1. The molecule has 2 aromatic rings. The third kappa shape index (κ3) is 4.15. The second-order valence-electron chi connectivity index (χ2n) is 6.01. The number of carboxylic acids is 1. The van der Waals surface area contributed by atoms with Gasteiger partial charge >= 0.3 is 12.1 Å². The lowest BCUT2D eigenvalue weighted by Crippen LogP contribution is -2.53. The summed E-state index contributed by atoms with van der Waals surface area (Å²) in [4.78, 5) is 35.4. The summed E-state index contributed by atoms with van der Waals surface area (Å²) in [5.74, 6) is -1.24. The summed E-state index contributed by atoms with van der Waals surface area (Å²) in [6.45, 7) is 2.67. The highest BCUT2D eigenvalue weighted by molar-refractivity contribution is 5.97. The predicted octanol–water partition coefficient (Wildman–Crippen LogP) is 3.60. The highest BCUT2D eigenvalue weighted by atomic mass is 16.6. The van der Waals surface area contributed by atoms with Crippen molar-refractivity contribution in [3.05, 3.63) is 70.3 Å². The van der Waals surface area contributed by atoms with Gasteiger partial charge in [-0.2, -0.15) is 0 Å². The molecule has 2 rings (SSSR count). The molecule has 8 heteroatoms. The number of rotatable bonds is 6. The molecule has 0 saturated carbocycles. The molecular weight excluding hydrogens is 340 g/mol. The lowest BCUT2D eigenvalue weighted by atomic mass is 10.0. The van der Waals surface area contributed by atoms with E-state index in [0.717, 1.165) is 10.5 Å². The average molecular weight is 358 g/mol. The van der Waals surface area contributed by atoms with Crippen LogP contribution in [0.3, 0.4) is 0 Å². The molecule has 0 aliphatic carbocycles. The van der Waals surface area contributed by atoms with E-state index in [1.807, 2.05) is 6.07 Å². The van der Waals surface area contributed by atoms with E-state index in [4.69, 9.17) is 4.74 Å². The number of nitrogens with zero attached hydrogens (tertiary/aromatic N) is 2. The number of hydrogen-bond acceptors (Lipinski definition) is 5. The molecule has 0 spiro atoms. The Morgan fingerprint density at radius 3 is 2.19 bits per heavy atom. The second kappa shape index (κ2) is 7.64. The third-order valence-electron chi connectivity index (χ3n) is 3.79. The lowest BCUT2D eigenvalue weighted by Gasteiger charge is -2.34. The molecule has 0 bridgehead atoms. The van der Waals surface area contributed by atoms with Gasteiger partial charge in [0.05, 0.1) is 4.92 Å². The largest absolute Gasteiger partial charge is 0.480 e. The van der Waals surface area contributed by atoms with E-state index in [-0.39, 0.29) is 18.0 Å². The number of carbonyl (C=O) groups excluding carboxylic acids is 1. The molecule has 1 N–H and O–H groups in total. The van der Waals surface area contributed by atoms with Crippen molar-refractivity contribution in [3.8, 4) is 0 Å². The first kappa shape index (κ1) is 18.9. The molecular formula is C18H18N2O6. The monoisotopic (exact) mass is 358 g/mol. The van der Waals surface area contributed by atoms with E-state index in [2.05, 4.69) is 0 Å². The molecule has 0 atom stereocenters. The summed E-state index contributed by atoms with van der Waals surface area (Å²) in [6.07, 6.45) is -0.866. The van der Waals surface area contributed by atoms with Gasteiger partial charge in [0.2, 0.25) is 0 Å². The molecule has 0 saturated heterocycles. The molecule has 0 unspecified atom stereocenters. The molecule has 136 valence electrons. The number of nitro benzene ring substituents is 1. The van der Waals surface area contributed by atoms with Crippen LogP contribution in [0.5, 0.6) is 0 Å². The van der Waals surface area contributed by atoms with Crippen molar-refractivity contribution in [1.82, 2.24) is 0 Å². The van der Waals surface area contributed by atoms with E-state index >= 15 is 0 Å². The smallest absolute Gasteiger partial charge is 0.415 e. The molecule has 1 amide bonds. The molecule has 0 aromatic heterocycles. The van der Waals surface area contributed by atoms with Crippen molar-refractivity contribution >= 4 is 23.4 Å². The second-order valence-corrected chi connectivity index (χ2v) is 6.01. The van der Waals surface area contributed by atoms with Crippen LogP contribution in [-0.2, 0) is 16.1 Å². The minimum Gasteiger partial charge on any atom is -0.480 e. The van der Waals surface area contributed by atoms with Gasteiger partial charge < -0.3 is 9.84 Å². The summed E-state index contributed by atoms with van der Waals surface area (Å²) in [6, 6.07) is 14.0. The Morgan fingerprint density at radius 1 is 1.12 bits per heavy atom. The summed E-state index contributed by atoms with van der Waals surface area (Å²) in [5, 5.41) is 20.3. The fourth-order valence-electron chi connectivity index (χ4n) is 2.26. The zero-order valence-corrected chi connectivity index (χ0v) is 14.3. The topological polar surface area (TPSA) is 110 Å². The first-order valence-corrected chi connectivity index (χ1v) is 7.72. The van der Waals surface area contributed by atoms with Crippen molar-refractivity contribution < 1.29 is 24.4 Å². The Hall–Kier alpha value is -3.42. The Bertz CT molecular complexity index is 802. The van der Waals surface area contributed by atoms with Gasteiger partial charge in [0.1, 0.15) is 12.1 Å². The maximum absolute atomic E-state index is 12.6. The van der Waals surface area contributed by atoms with Crippen LogP contribution in [0.25, 0.3) is 0 Å². The number of nitro groups is 1. The summed E-state index contributed by atoms with van der Waals surface area (Å²) >= 11 is 0. The van der Waals surface area contributed by atoms with Crippen LogP contribution in [0.4, 0.5) is 16.2 Å². The highest BCUT2D eigenvalue weighted by Gasteiger charge is 2.40. The normalized spacial score (nSPS) is 10.8. The van der Waals surface area contributed by atoms with Crippen LogP contribution < -0.4 is 4.90 Å². The number of carboxylic acid groups (broad SMARTS) is 1. The minimum absolute atomic E-state index is 0.0289. The van der Waals surface area contributed by atoms with Gasteiger partial charge in [0, 0.05) is 17.8 Å². The summed E-state index contributed by atoms with van der Waals surface area (Å²) in [5.41, 5.74) is -0.859. The highest BCUT2D eigenvalue weighted by Crippen LogP contribution is 2.27. The Balaban J connectivity index is 2.30. The van der Waals surface area contributed by atoms with Gasteiger partial charge in [-0.1, -0.05) is 30.3 Å². The van der Waals surface area contributed by atoms with Crippen LogP contribution in [-0.4, -0.2) is 27.6 Å². The number of aliphatic carboxylic acids is 1. The van der Waals surface area contributed by atoms with Crippen LogP contribution in [0, 0.1) is 10.1 Å². The van der Waals surface area contributed by atoms with Crippen molar-refractivity contribution in [3.63, 3.8) is 0 Å². The molecule has 0 radical (unpaired) electrons. The SMILES string of the molecule is CC(C)(C(=O)O)N(C(=O)OCc1ccccc1)c1ccc([N+](=O)[O-])cc1. The van der Waals surface area contributed by atoms with Gasteiger partial charge in [-0.05, 0) is 31.5 Å². The maximum atomic E-state index is 12.6. The summed E-state index contributed by atoms with van der Waals surface area (Å²) < 4.78 is 5.25. The number of ether oxygens (including phenoxy) is 1. The Kier molecular flexibility index (Phi) is 5.56. The van der Waals surface area contributed by atoms with E-state index in [0.29, 0.717) is 0 Å². The first-order chi connectivity index (χ1) is 12.2. The maximum Gasteiger partial charge on any atom is 0.415 e. The molecule has 8 nitrogen and oxygen atoms in total. The van der Waals surface area contributed by atoms with Crippen LogP contribution >= 0.6 is 0 Å². The minimum atomic E-state index is -1.62. The van der Waals surface area contributed by atoms with Gasteiger partial charge in [0.25, 0.3) is 5.69 Å². The molecule has 0 fully saturated rings. The fraction of sp³-hybridized carbons (Fsp3) is 0.222. The molecule has 0 heterocycles. The Labute approximate surface area is 149 Å². The number of carbonyl (C=O) groups is 2. The van der Waals surface area contributed by atoms with Crippen LogP contribution in [0.15, 0.2) is 54.6 Å². The van der Waals surface area contributed by atoms with Crippen LogP contribution in [0.1, 0.15) is 19.4 Å². The van der Waals surface area contributed by atoms with Crippen LogP contribution in [0.2, 0.25) is 0 Å². The quantitative estimate of drug-likeness (QED) is 0.624. The number of hydrogen-bond donors (Lipinski definition) is 1. The predicted molar refractivity (Wildman–Crippen MR) is 93.9 cm³/mol. The molecule has 2 aromatic carbocycles. The van der Waals surface area contributed by atoms with Crippen molar-refractivity contribution in [2.24, 2.45) is 0 Å². The molecule has 0 aliphatic rings. The lowest BCUT2D eigenvalue weighted by molar-refractivity contribution is -0.384. The summed E-state index contributed by atoms with van der Waals surface area (Å²) in [7, 11) is 0. The van der Waals surface area contributed by atoms with Crippen molar-refractivity contribution in [2.45, 2.75) is 26.0 Å². The van der Waals surface area contributed by atoms with Gasteiger partial charge in [-0.3, -0.25) is 15.0 Å². The van der Waals surface area contributed by atoms with E-state index in [1.165, 1.54) is 38.1 Å². The van der Waals surface area contributed by atoms with E-state index < -0.39 is 22.5 Å². The third-order valence-corrected chi connectivity index (χ3v) is 3.79. The number of anilines is 1. The van der Waals surface area contributed by atoms with E-state index in [9.17, 15) is 24.8 Å². The number of benzene rings is 2. The number of amides is 1. The van der Waals surface area contributed by atoms with E-state index in [1.54, 1.807) is 24.3 Å². The first-order valence-electron chi connectivity index (χ1n) is 7.72. The van der Waals surface area contributed by atoms with Gasteiger partial charge in [-0.25, -0.2) is 9.59 Å². The zero-order valence-electron chi connectivity index (χ0n) is 14.3. The van der Waals surface area contributed by atoms with Crippen molar-refractivity contribution in [2.75, 3.05) is 4.90 Å². The zero-order chi connectivity index (χ0) is 19.3. The van der Waals surface area contributed by atoms with Gasteiger partial charge in [-0.15, -0.1) is 0 Å². The molecule has 0 aliphatic heterocycles. The Morgan fingerprint density at radius 2 is 1.69 bits per heavy atom. The fourth-order valence-corrected chi connectivity index (χ4v) is 2.26. The standard InChI is InChI=1S/C18H18N2O6/c1-18(2,16(21)22)19(14-8-10-15(11-9-14)20(24)25)17(23)26-12-13-6-4-3-5-7-13/h3-11H,12H2,1-2H3,(H,21,22). The molecule has 26 heavy (non-hydrogen) atoms.